The lowest BCUT2D eigenvalue weighted by atomic mass is 10.2. The van der Waals surface area contributed by atoms with Crippen LogP contribution in [0.2, 0.25) is 0 Å². The Hall–Kier alpha value is -1.81. The molecular weight excluding hydrogens is 238 g/mol. The van der Waals surface area contributed by atoms with Crippen LogP contribution in [0.1, 0.15) is 25.0 Å². The van der Waals surface area contributed by atoms with Gasteiger partial charge in [0.25, 0.3) is 0 Å². The summed E-state index contributed by atoms with van der Waals surface area (Å²) in [6, 6.07) is 6.63. The third-order valence-electron chi connectivity index (χ3n) is 2.91. The van der Waals surface area contributed by atoms with Crippen molar-refractivity contribution in [3.8, 4) is 0 Å². The minimum atomic E-state index is 0.489. The molecule has 0 aliphatic carbocycles. The molecule has 0 amide bonds. The van der Waals surface area contributed by atoms with Gasteiger partial charge in [-0.25, -0.2) is 4.98 Å². The summed E-state index contributed by atoms with van der Waals surface area (Å²) in [6.07, 6.45) is 5.38. The van der Waals surface area contributed by atoms with E-state index in [1.165, 1.54) is 5.56 Å². The van der Waals surface area contributed by atoms with Crippen molar-refractivity contribution >= 4 is 5.82 Å². The van der Waals surface area contributed by atoms with Crippen molar-refractivity contribution in [3.05, 3.63) is 48.0 Å². The molecule has 0 aliphatic rings. The molecule has 0 radical (unpaired) electrons. The lowest BCUT2D eigenvalue weighted by Crippen LogP contribution is -2.22. The maximum atomic E-state index is 5.07. The fraction of sp³-hybridized carbons (Fsp3) is 0.400. The quantitative estimate of drug-likeness (QED) is 0.866. The number of hydrogen-bond donors (Lipinski definition) is 1. The van der Waals surface area contributed by atoms with E-state index in [1.807, 2.05) is 19.3 Å². The summed E-state index contributed by atoms with van der Waals surface area (Å²) in [5, 5.41) is 3.38. The van der Waals surface area contributed by atoms with Crippen molar-refractivity contribution in [3.63, 3.8) is 0 Å². The summed E-state index contributed by atoms with van der Waals surface area (Å²) in [5.41, 5.74) is 2.35. The summed E-state index contributed by atoms with van der Waals surface area (Å²) < 4.78 is 5.07. The smallest absolute Gasteiger partial charge is 0.128 e. The average molecular weight is 259 g/mol. The van der Waals surface area contributed by atoms with Gasteiger partial charge in [0, 0.05) is 37.9 Å². The topological polar surface area (TPSA) is 41.3 Å². The number of nitrogens with one attached hydrogen (secondary N) is 1. The van der Waals surface area contributed by atoms with Gasteiger partial charge in [0.1, 0.15) is 5.82 Å². The molecule has 0 aliphatic heterocycles. The highest BCUT2D eigenvalue weighted by Gasteiger charge is 2.04. The molecule has 0 unspecified atom stereocenters. The monoisotopic (exact) mass is 259 g/mol. The van der Waals surface area contributed by atoms with Gasteiger partial charge in [0.2, 0.25) is 0 Å². The fourth-order valence-electron chi connectivity index (χ4n) is 1.81. The first-order valence-electron chi connectivity index (χ1n) is 6.55. The third-order valence-corrected chi connectivity index (χ3v) is 2.91. The molecule has 0 bridgehead atoms. The first-order valence-corrected chi connectivity index (χ1v) is 6.55. The molecule has 0 aromatic carbocycles. The predicted octanol–water partition coefficient (Wildman–Crippen LogP) is 2.81. The van der Waals surface area contributed by atoms with Crippen LogP contribution in [0.25, 0.3) is 0 Å². The molecular formula is C15H21N3O. The highest BCUT2D eigenvalue weighted by molar-refractivity contribution is 5.39. The Kier molecular flexibility index (Phi) is 4.58. The number of pyridine rings is 1. The minimum Gasteiger partial charge on any atom is -0.472 e. The lowest BCUT2D eigenvalue weighted by molar-refractivity contribution is 0.563. The van der Waals surface area contributed by atoms with Crippen molar-refractivity contribution in [2.75, 3.05) is 11.9 Å². The zero-order valence-corrected chi connectivity index (χ0v) is 11.8. The molecule has 0 saturated heterocycles. The maximum Gasteiger partial charge on any atom is 0.128 e. The molecule has 2 heterocycles. The van der Waals surface area contributed by atoms with Crippen molar-refractivity contribution < 1.29 is 4.42 Å². The summed E-state index contributed by atoms with van der Waals surface area (Å²) in [4.78, 5) is 6.59. The SMILES string of the molecule is CC(C)NCc1ccc(N(C)Cc2ccoc2)nc1. The van der Waals surface area contributed by atoms with Crippen LogP contribution < -0.4 is 10.2 Å². The summed E-state index contributed by atoms with van der Waals surface area (Å²) in [6.45, 7) is 5.93. The van der Waals surface area contributed by atoms with Gasteiger partial charge in [-0.1, -0.05) is 19.9 Å². The first-order chi connectivity index (χ1) is 9.15. The Bertz CT molecular complexity index is 477. The van der Waals surface area contributed by atoms with Crippen LogP contribution in [0, 0.1) is 0 Å². The van der Waals surface area contributed by atoms with E-state index >= 15 is 0 Å². The molecule has 4 nitrogen and oxygen atoms in total. The molecule has 2 aromatic heterocycles. The molecule has 2 aromatic rings. The lowest BCUT2D eigenvalue weighted by Gasteiger charge is -2.17. The maximum absolute atomic E-state index is 5.07. The van der Waals surface area contributed by atoms with Crippen LogP contribution in [0.3, 0.4) is 0 Å². The number of aromatic nitrogens is 1. The Morgan fingerprint density at radius 3 is 2.68 bits per heavy atom. The zero-order valence-electron chi connectivity index (χ0n) is 11.8. The van der Waals surface area contributed by atoms with Gasteiger partial charge in [-0.3, -0.25) is 0 Å². The van der Waals surface area contributed by atoms with E-state index in [0.717, 1.165) is 24.5 Å². The van der Waals surface area contributed by atoms with Gasteiger partial charge in [0.15, 0.2) is 0 Å². The standard InChI is InChI=1S/C15H21N3O/c1-12(2)16-8-13-4-5-15(17-9-13)18(3)10-14-6-7-19-11-14/h4-7,9,11-12,16H,8,10H2,1-3H3. The average Bonchev–Trinajstić information content (AvgIpc) is 2.89. The molecule has 4 heteroatoms. The van der Waals surface area contributed by atoms with Gasteiger partial charge in [0.05, 0.1) is 12.5 Å². The molecule has 1 N–H and O–H groups in total. The zero-order chi connectivity index (χ0) is 13.7. The van der Waals surface area contributed by atoms with E-state index in [2.05, 4.69) is 41.2 Å². The second-order valence-electron chi connectivity index (χ2n) is 5.05. The van der Waals surface area contributed by atoms with Gasteiger partial charge in [-0.2, -0.15) is 0 Å². The van der Waals surface area contributed by atoms with Crippen LogP contribution in [0.4, 0.5) is 5.82 Å². The first kappa shape index (κ1) is 13.6. The van der Waals surface area contributed by atoms with Crippen molar-refractivity contribution in [1.82, 2.24) is 10.3 Å². The van der Waals surface area contributed by atoms with Gasteiger partial charge >= 0.3 is 0 Å². The highest BCUT2D eigenvalue weighted by atomic mass is 16.3. The highest BCUT2D eigenvalue weighted by Crippen LogP contribution is 2.13. The van der Waals surface area contributed by atoms with Crippen molar-refractivity contribution in [2.45, 2.75) is 33.0 Å². The van der Waals surface area contributed by atoms with Crippen LogP contribution in [0.5, 0.6) is 0 Å². The summed E-state index contributed by atoms with van der Waals surface area (Å²) >= 11 is 0. The molecule has 0 atom stereocenters. The normalized spacial score (nSPS) is 10.9. The van der Waals surface area contributed by atoms with Crippen LogP contribution in [0.15, 0.2) is 41.3 Å². The van der Waals surface area contributed by atoms with Gasteiger partial charge in [-0.05, 0) is 17.7 Å². The Balaban J connectivity index is 1.93. The predicted molar refractivity (Wildman–Crippen MR) is 77.0 cm³/mol. The second-order valence-corrected chi connectivity index (χ2v) is 5.05. The summed E-state index contributed by atoms with van der Waals surface area (Å²) in [7, 11) is 2.03. The van der Waals surface area contributed by atoms with E-state index in [1.54, 1.807) is 12.5 Å². The molecule has 102 valence electrons. The second kappa shape index (κ2) is 6.38. The van der Waals surface area contributed by atoms with Crippen LogP contribution in [-0.4, -0.2) is 18.1 Å². The molecule has 19 heavy (non-hydrogen) atoms. The van der Waals surface area contributed by atoms with Crippen LogP contribution in [-0.2, 0) is 13.1 Å². The number of rotatable bonds is 6. The molecule has 0 spiro atoms. The third kappa shape index (κ3) is 4.10. The van der Waals surface area contributed by atoms with Crippen molar-refractivity contribution in [2.24, 2.45) is 0 Å². The van der Waals surface area contributed by atoms with Crippen LogP contribution >= 0.6 is 0 Å². The molecule has 0 saturated carbocycles. The van der Waals surface area contributed by atoms with Gasteiger partial charge < -0.3 is 14.6 Å². The minimum absolute atomic E-state index is 0.489. The fourth-order valence-corrected chi connectivity index (χ4v) is 1.81. The van der Waals surface area contributed by atoms with E-state index < -0.39 is 0 Å². The largest absolute Gasteiger partial charge is 0.472 e. The Morgan fingerprint density at radius 2 is 2.11 bits per heavy atom. The number of anilines is 1. The summed E-state index contributed by atoms with van der Waals surface area (Å²) in [5.74, 6) is 0.967. The Morgan fingerprint density at radius 1 is 1.26 bits per heavy atom. The van der Waals surface area contributed by atoms with Crippen molar-refractivity contribution in [1.29, 1.82) is 0 Å². The Labute approximate surface area is 114 Å². The van der Waals surface area contributed by atoms with Gasteiger partial charge in [-0.15, -0.1) is 0 Å². The van der Waals surface area contributed by atoms with E-state index in [-0.39, 0.29) is 0 Å². The number of hydrogen-bond acceptors (Lipinski definition) is 4. The van der Waals surface area contributed by atoms with E-state index in [4.69, 9.17) is 4.42 Å². The number of furan rings is 1. The van der Waals surface area contributed by atoms with E-state index in [9.17, 15) is 0 Å². The molecule has 0 fully saturated rings. The molecule has 2 rings (SSSR count). The van der Waals surface area contributed by atoms with E-state index in [0.29, 0.717) is 6.04 Å². The number of nitrogens with zero attached hydrogens (tertiary/aromatic N) is 2.